The van der Waals surface area contributed by atoms with Gasteiger partial charge in [0.05, 0.1) is 12.0 Å². The lowest BCUT2D eigenvalue weighted by molar-refractivity contribution is -0.384. The molecule has 0 spiro atoms. The summed E-state index contributed by atoms with van der Waals surface area (Å²) in [4.78, 5) is 10.4. The maximum Gasteiger partial charge on any atom is 0.292 e. The highest BCUT2D eigenvalue weighted by molar-refractivity contribution is 5.61. The van der Waals surface area contributed by atoms with Gasteiger partial charge in [-0.25, -0.2) is 0 Å². The number of rotatable bonds is 5. The molecule has 0 amide bonds. The third-order valence-corrected chi connectivity index (χ3v) is 2.86. The first-order valence-corrected chi connectivity index (χ1v) is 5.95. The number of hydrogen-bond donors (Lipinski definition) is 2. The van der Waals surface area contributed by atoms with E-state index in [4.69, 9.17) is 4.74 Å². The molecule has 0 heterocycles. The summed E-state index contributed by atoms with van der Waals surface area (Å²) in [6.45, 7) is 0.258. The van der Waals surface area contributed by atoms with Crippen molar-refractivity contribution in [3.8, 4) is 11.5 Å². The van der Waals surface area contributed by atoms with Gasteiger partial charge in [-0.2, -0.15) is 0 Å². The summed E-state index contributed by atoms with van der Waals surface area (Å²) in [5.74, 6) is 0.721. The molecule has 2 N–H and O–H groups in total. The van der Waals surface area contributed by atoms with E-state index < -0.39 is 4.92 Å². The molecule has 2 rings (SSSR count). The van der Waals surface area contributed by atoms with Crippen LogP contribution in [0.5, 0.6) is 11.5 Å². The largest absolute Gasteiger partial charge is 0.508 e. The molecule has 0 aliphatic carbocycles. The number of methoxy groups -OCH3 is 1. The molecule has 0 unspecified atom stereocenters. The molecular formula is C14H14N2O4. The van der Waals surface area contributed by atoms with Crippen LogP contribution in [-0.4, -0.2) is 17.1 Å². The molecular weight excluding hydrogens is 260 g/mol. The zero-order valence-corrected chi connectivity index (χ0v) is 10.9. The second-order valence-corrected chi connectivity index (χ2v) is 4.12. The highest BCUT2D eigenvalue weighted by Gasteiger charge is 2.12. The number of nitro groups is 1. The number of nitrogens with one attached hydrogen (secondary N) is 1. The summed E-state index contributed by atoms with van der Waals surface area (Å²) in [7, 11) is 1.53. The highest BCUT2D eigenvalue weighted by Crippen LogP contribution is 2.27. The van der Waals surface area contributed by atoms with Crippen LogP contribution in [0.1, 0.15) is 5.56 Å². The normalized spacial score (nSPS) is 10.1. The summed E-state index contributed by atoms with van der Waals surface area (Å²) in [6.07, 6.45) is 0. The van der Waals surface area contributed by atoms with Crippen LogP contribution in [-0.2, 0) is 6.54 Å². The van der Waals surface area contributed by atoms with Gasteiger partial charge in [-0.3, -0.25) is 10.1 Å². The van der Waals surface area contributed by atoms with Gasteiger partial charge in [-0.15, -0.1) is 0 Å². The molecule has 0 radical (unpaired) electrons. The number of phenolic OH excluding ortho intramolecular Hbond substituents is 1. The van der Waals surface area contributed by atoms with Crippen molar-refractivity contribution in [2.24, 2.45) is 0 Å². The maximum atomic E-state index is 10.9. The first kappa shape index (κ1) is 13.7. The maximum absolute atomic E-state index is 10.9. The summed E-state index contributed by atoms with van der Waals surface area (Å²) in [5, 5.41) is 23.6. The Hall–Kier alpha value is -2.76. The Bertz CT molecular complexity index is 628. The number of phenols is 1. The van der Waals surface area contributed by atoms with Crippen LogP contribution in [0.15, 0.2) is 42.5 Å². The lowest BCUT2D eigenvalue weighted by Gasteiger charge is -2.10. The molecule has 2 aromatic carbocycles. The number of nitrogens with zero attached hydrogens (tertiary/aromatic N) is 1. The first-order valence-electron chi connectivity index (χ1n) is 5.95. The third kappa shape index (κ3) is 2.97. The van der Waals surface area contributed by atoms with E-state index in [0.717, 1.165) is 0 Å². The topological polar surface area (TPSA) is 84.6 Å². The standard InChI is InChI=1S/C14H14N2O4/c1-20-11-6-7-14(17)10(8-11)9-15-12-4-2-3-5-13(12)16(18)19/h2-8,15,17H,9H2,1H3. The lowest BCUT2D eigenvalue weighted by atomic mass is 10.1. The SMILES string of the molecule is COc1ccc(O)c(CNc2ccccc2[N+](=O)[O-])c1. The molecule has 104 valence electrons. The van der Waals surface area contributed by atoms with E-state index in [-0.39, 0.29) is 18.0 Å². The Balaban J connectivity index is 2.19. The van der Waals surface area contributed by atoms with Crippen molar-refractivity contribution in [3.63, 3.8) is 0 Å². The summed E-state index contributed by atoms with van der Waals surface area (Å²) >= 11 is 0. The van der Waals surface area contributed by atoms with E-state index in [0.29, 0.717) is 17.0 Å². The van der Waals surface area contributed by atoms with Crippen molar-refractivity contribution < 1.29 is 14.8 Å². The fraction of sp³-hybridized carbons (Fsp3) is 0.143. The fourth-order valence-corrected chi connectivity index (χ4v) is 1.80. The molecule has 0 aromatic heterocycles. The van der Waals surface area contributed by atoms with Crippen LogP contribution >= 0.6 is 0 Å². The van der Waals surface area contributed by atoms with Crippen molar-refractivity contribution in [1.29, 1.82) is 0 Å². The Morgan fingerprint density at radius 1 is 1.30 bits per heavy atom. The average molecular weight is 274 g/mol. The Kier molecular flexibility index (Phi) is 4.05. The average Bonchev–Trinajstić information content (AvgIpc) is 2.46. The molecule has 0 aliphatic rings. The van der Waals surface area contributed by atoms with E-state index in [2.05, 4.69) is 5.32 Å². The van der Waals surface area contributed by atoms with Crippen molar-refractivity contribution in [3.05, 3.63) is 58.1 Å². The predicted octanol–water partition coefficient (Wildman–Crippen LogP) is 2.92. The number of ether oxygens (including phenoxy) is 1. The third-order valence-electron chi connectivity index (χ3n) is 2.86. The van der Waals surface area contributed by atoms with Gasteiger partial charge in [-0.05, 0) is 24.3 Å². The number of nitro benzene ring substituents is 1. The minimum absolute atomic E-state index is 0.00474. The molecule has 0 fully saturated rings. The smallest absolute Gasteiger partial charge is 0.292 e. The van der Waals surface area contributed by atoms with Crippen LogP contribution in [0.4, 0.5) is 11.4 Å². The van der Waals surface area contributed by atoms with Crippen molar-refractivity contribution in [2.75, 3.05) is 12.4 Å². The molecule has 0 saturated carbocycles. The van der Waals surface area contributed by atoms with Gasteiger partial charge in [0.2, 0.25) is 0 Å². The number of hydrogen-bond acceptors (Lipinski definition) is 5. The molecule has 0 bridgehead atoms. The molecule has 0 saturated heterocycles. The number of benzene rings is 2. The van der Waals surface area contributed by atoms with E-state index >= 15 is 0 Å². The molecule has 0 aliphatic heterocycles. The van der Waals surface area contributed by atoms with Gasteiger partial charge < -0.3 is 15.2 Å². The van der Waals surface area contributed by atoms with Crippen LogP contribution in [0.25, 0.3) is 0 Å². The molecule has 6 nitrogen and oxygen atoms in total. The fourth-order valence-electron chi connectivity index (χ4n) is 1.80. The van der Waals surface area contributed by atoms with Crippen LogP contribution in [0.2, 0.25) is 0 Å². The molecule has 0 atom stereocenters. The molecule has 20 heavy (non-hydrogen) atoms. The van der Waals surface area contributed by atoms with Crippen molar-refractivity contribution >= 4 is 11.4 Å². The zero-order chi connectivity index (χ0) is 14.5. The zero-order valence-electron chi connectivity index (χ0n) is 10.9. The minimum atomic E-state index is -0.451. The van der Waals surface area contributed by atoms with E-state index in [1.165, 1.54) is 19.2 Å². The summed E-state index contributed by atoms with van der Waals surface area (Å²) in [5.41, 5.74) is 0.997. The minimum Gasteiger partial charge on any atom is -0.508 e. The number of para-hydroxylation sites is 2. The Morgan fingerprint density at radius 3 is 2.75 bits per heavy atom. The van der Waals surface area contributed by atoms with Crippen LogP contribution in [0, 0.1) is 10.1 Å². The number of aromatic hydroxyl groups is 1. The summed E-state index contributed by atoms with van der Waals surface area (Å²) < 4.78 is 5.08. The van der Waals surface area contributed by atoms with Gasteiger partial charge in [0.15, 0.2) is 0 Å². The number of anilines is 1. The van der Waals surface area contributed by atoms with Gasteiger partial charge in [-0.1, -0.05) is 12.1 Å². The highest BCUT2D eigenvalue weighted by atomic mass is 16.6. The van der Waals surface area contributed by atoms with Gasteiger partial charge in [0, 0.05) is 18.2 Å². The van der Waals surface area contributed by atoms with E-state index in [1.54, 1.807) is 30.3 Å². The quantitative estimate of drug-likeness (QED) is 0.646. The second kappa shape index (κ2) is 5.92. The van der Waals surface area contributed by atoms with Gasteiger partial charge in [0.25, 0.3) is 5.69 Å². The Labute approximate surface area is 115 Å². The lowest BCUT2D eigenvalue weighted by Crippen LogP contribution is -2.03. The predicted molar refractivity (Wildman–Crippen MR) is 75.1 cm³/mol. The molecule has 6 heteroatoms. The first-order chi connectivity index (χ1) is 9.61. The Morgan fingerprint density at radius 2 is 2.05 bits per heavy atom. The van der Waals surface area contributed by atoms with Gasteiger partial charge >= 0.3 is 0 Å². The second-order valence-electron chi connectivity index (χ2n) is 4.12. The van der Waals surface area contributed by atoms with E-state index in [1.807, 2.05) is 0 Å². The van der Waals surface area contributed by atoms with E-state index in [9.17, 15) is 15.2 Å². The van der Waals surface area contributed by atoms with Crippen LogP contribution < -0.4 is 10.1 Å². The van der Waals surface area contributed by atoms with Gasteiger partial charge in [0.1, 0.15) is 17.2 Å². The van der Waals surface area contributed by atoms with Crippen LogP contribution in [0.3, 0.4) is 0 Å². The summed E-state index contributed by atoms with van der Waals surface area (Å²) in [6, 6.07) is 11.2. The van der Waals surface area contributed by atoms with Crippen molar-refractivity contribution in [2.45, 2.75) is 6.54 Å². The monoisotopic (exact) mass is 274 g/mol. The molecule has 2 aromatic rings. The van der Waals surface area contributed by atoms with Crippen molar-refractivity contribution in [1.82, 2.24) is 0 Å².